The van der Waals surface area contributed by atoms with Crippen molar-refractivity contribution in [3.8, 4) is 23.0 Å². The third kappa shape index (κ3) is 6.36. The summed E-state index contributed by atoms with van der Waals surface area (Å²) in [7, 11) is 6.69. The van der Waals surface area contributed by atoms with Crippen LogP contribution in [0.5, 0.6) is 23.0 Å². The molecule has 2 aromatic rings. The second-order valence-corrected chi connectivity index (χ2v) is 8.63. The van der Waals surface area contributed by atoms with Crippen LogP contribution in [0.15, 0.2) is 36.4 Å². The minimum absolute atomic E-state index is 0.0949. The van der Waals surface area contributed by atoms with Crippen molar-refractivity contribution < 1.29 is 18.9 Å². The van der Waals surface area contributed by atoms with Crippen molar-refractivity contribution in [2.24, 2.45) is 0 Å². The first kappa shape index (κ1) is 23.7. The molecule has 0 saturated carbocycles. The summed E-state index contributed by atoms with van der Waals surface area (Å²) >= 11 is 0. The summed E-state index contributed by atoms with van der Waals surface area (Å²) < 4.78 is 21.0. The fourth-order valence-corrected chi connectivity index (χ4v) is 2.84. The van der Waals surface area contributed by atoms with Gasteiger partial charge in [-0.2, -0.15) is 0 Å². The Balaban J connectivity index is 0.000000280. The Hall–Kier alpha value is -2.36. The number of hydrogen-bond acceptors (Lipinski definition) is 4. The fourth-order valence-electron chi connectivity index (χ4n) is 2.84. The number of ether oxygens (including phenoxy) is 4. The van der Waals surface area contributed by atoms with Gasteiger partial charge in [0.15, 0.2) is 0 Å². The number of benzene rings is 2. The van der Waals surface area contributed by atoms with Crippen molar-refractivity contribution in [2.45, 2.75) is 52.4 Å². The highest BCUT2D eigenvalue weighted by Gasteiger charge is 2.19. The SMILES string of the molecule is COc1ccc(C(C)(C)C)c(OC)c1.COc1ccc(C(C)(C)C)c(OC)c1. The van der Waals surface area contributed by atoms with E-state index in [1.807, 2.05) is 24.3 Å². The van der Waals surface area contributed by atoms with E-state index >= 15 is 0 Å². The van der Waals surface area contributed by atoms with Crippen LogP contribution in [0.1, 0.15) is 52.7 Å². The molecule has 0 heterocycles. The second kappa shape index (κ2) is 9.72. The van der Waals surface area contributed by atoms with Crippen LogP contribution in [0.3, 0.4) is 0 Å². The lowest BCUT2D eigenvalue weighted by Gasteiger charge is -2.22. The smallest absolute Gasteiger partial charge is 0.126 e. The zero-order valence-electron chi connectivity index (χ0n) is 19.1. The van der Waals surface area contributed by atoms with Gasteiger partial charge in [0.25, 0.3) is 0 Å². The lowest BCUT2D eigenvalue weighted by Crippen LogP contribution is -2.12. The molecule has 0 fully saturated rings. The van der Waals surface area contributed by atoms with Crippen molar-refractivity contribution in [3.63, 3.8) is 0 Å². The van der Waals surface area contributed by atoms with Gasteiger partial charge in [0.2, 0.25) is 0 Å². The monoisotopic (exact) mass is 388 g/mol. The molecule has 0 unspecified atom stereocenters. The Morgan fingerprint density at radius 3 is 1.04 bits per heavy atom. The van der Waals surface area contributed by atoms with Crippen LogP contribution in [0.4, 0.5) is 0 Å². The number of rotatable bonds is 4. The van der Waals surface area contributed by atoms with Crippen LogP contribution in [0, 0.1) is 0 Å². The highest BCUT2D eigenvalue weighted by atomic mass is 16.5. The molecule has 0 aliphatic heterocycles. The van der Waals surface area contributed by atoms with Gasteiger partial charge < -0.3 is 18.9 Å². The molecule has 0 atom stereocenters. The van der Waals surface area contributed by atoms with Gasteiger partial charge in [-0.15, -0.1) is 0 Å². The second-order valence-electron chi connectivity index (χ2n) is 8.63. The van der Waals surface area contributed by atoms with Gasteiger partial charge in [-0.1, -0.05) is 53.7 Å². The summed E-state index contributed by atoms with van der Waals surface area (Å²) in [5, 5.41) is 0. The molecule has 0 amide bonds. The molecule has 0 bridgehead atoms. The number of methoxy groups -OCH3 is 4. The maximum Gasteiger partial charge on any atom is 0.126 e. The molecule has 2 rings (SSSR count). The average Bonchev–Trinajstić information content (AvgIpc) is 2.65. The summed E-state index contributed by atoms with van der Waals surface area (Å²) in [6, 6.07) is 11.9. The van der Waals surface area contributed by atoms with E-state index in [1.54, 1.807) is 28.4 Å². The van der Waals surface area contributed by atoms with Crippen LogP contribution in [-0.4, -0.2) is 28.4 Å². The molecule has 2 aromatic carbocycles. The third-order valence-corrected chi connectivity index (χ3v) is 4.43. The summed E-state index contributed by atoms with van der Waals surface area (Å²) in [4.78, 5) is 0. The van der Waals surface area contributed by atoms with E-state index in [2.05, 4.69) is 53.7 Å². The molecule has 4 nitrogen and oxygen atoms in total. The lowest BCUT2D eigenvalue weighted by atomic mass is 9.86. The van der Waals surface area contributed by atoms with E-state index in [1.165, 1.54) is 11.1 Å². The minimum Gasteiger partial charge on any atom is -0.497 e. The molecule has 0 aliphatic rings. The topological polar surface area (TPSA) is 36.9 Å². The van der Waals surface area contributed by atoms with Gasteiger partial charge >= 0.3 is 0 Å². The Kier molecular flexibility index (Phi) is 8.22. The van der Waals surface area contributed by atoms with Crippen LogP contribution >= 0.6 is 0 Å². The van der Waals surface area contributed by atoms with Gasteiger partial charge in [0.05, 0.1) is 28.4 Å². The summed E-state index contributed by atoms with van der Waals surface area (Å²) in [6.07, 6.45) is 0. The largest absolute Gasteiger partial charge is 0.497 e. The Morgan fingerprint density at radius 1 is 0.500 bits per heavy atom. The molecule has 0 N–H and O–H groups in total. The van der Waals surface area contributed by atoms with Crippen LogP contribution in [0.25, 0.3) is 0 Å². The molecule has 0 aliphatic carbocycles. The predicted molar refractivity (Wildman–Crippen MR) is 116 cm³/mol. The third-order valence-electron chi connectivity index (χ3n) is 4.43. The first-order chi connectivity index (χ1) is 13.0. The zero-order chi connectivity index (χ0) is 21.5. The van der Waals surface area contributed by atoms with E-state index in [0.717, 1.165) is 23.0 Å². The van der Waals surface area contributed by atoms with Crippen molar-refractivity contribution in [1.82, 2.24) is 0 Å². The normalized spacial score (nSPS) is 11.2. The maximum absolute atomic E-state index is 5.33. The van der Waals surface area contributed by atoms with Crippen LogP contribution in [-0.2, 0) is 10.8 Å². The Bertz CT molecular complexity index is 687. The standard InChI is InChI=1S/2C12H18O2/c2*1-12(2,3)10-7-6-9(13-4)8-11(10)14-5/h2*6-8H,1-5H3. The van der Waals surface area contributed by atoms with Crippen molar-refractivity contribution in [2.75, 3.05) is 28.4 Å². The van der Waals surface area contributed by atoms with E-state index in [9.17, 15) is 0 Å². The molecule has 0 saturated heterocycles. The zero-order valence-corrected chi connectivity index (χ0v) is 19.1. The highest BCUT2D eigenvalue weighted by Crippen LogP contribution is 2.34. The number of hydrogen-bond donors (Lipinski definition) is 0. The molecule has 28 heavy (non-hydrogen) atoms. The van der Waals surface area contributed by atoms with E-state index < -0.39 is 0 Å². The molecule has 0 aromatic heterocycles. The van der Waals surface area contributed by atoms with Crippen molar-refractivity contribution in [1.29, 1.82) is 0 Å². The quantitative estimate of drug-likeness (QED) is 0.643. The molecular weight excluding hydrogens is 352 g/mol. The summed E-state index contributed by atoms with van der Waals surface area (Å²) in [5.74, 6) is 3.43. The fraction of sp³-hybridized carbons (Fsp3) is 0.500. The van der Waals surface area contributed by atoms with Gasteiger partial charge in [-0.25, -0.2) is 0 Å². The van der Waals surface area contributed by atoms with E-state index in [0.29, 0.717) is 0 Å². The molecule has 0 radical (unpaired) electrons. The maximum atomic E-state index is 5.33. The predicted octanol–water partition coefficient (Wildman–Crippen LogP) is 6.00. The van der Waals surface area contributed by atoms with Gasteiger partial charge in [0, 0.05) is 12.1 Å². The first-order valence-electron chi connectivity index (χ1n) is 9.43. The van der Waals surface area contributed by atoms with Gasteiger partial charge in [-0.3, -0.25) is 0 Å². The molecule has 0 spiro atoms. The Morgan fingerprint density at radius 2 is 0.821 bits per heavy atom. The van der Waals surface area contributed by atoms with Gasteiger partial charge in [-0.05, 0) is 34.1 Å². The van der Waals surface area contributed by atoms with E-state index in [-0.39, 0.29) is 10.8 Å². The molecule has 4 heteroatoms. The van der Waals surface area contributed by atoms with Crippen molar-refractivity contribution >= 4 is 0 Å². The first-order valence-corrected chi connectivity index (χ1v) is 9.43. The summed E-state index contributed by atoms with van der Waals surface area (Å²) in [5.41, 5.74) is 2.58. The van der Waals surface area contributed by atoms with Crippen LogP contribution < -0.4 is 18.9 Å². The van der Waals surface area contributed by atoms with Gasteiger partial charge in [0.1, 0.15) is 23.0 Å². The summed E-state index contributed by atoms with van der Waals surface area (Å²) in [6.45, 7) is 13.0. The average molecular weight is 389 g/mol. The molecular formula is C24H36O4. The lowest BCUT2D eigenvalue weighted by molar-refractivity contribution is 0.382. The highest BCUT2D eigenvalue weighted by molar-refractivity contribution is 5.45. The molecule has 156 valence electrons. The minimum atomic E-state index is 0.0949. The van der Waals surface area contributed by atoms with E-state index in [4.69, 9.17) is 18.9 Å². The Labute approximate surface area is 170 Å². The van der Waals surface area contributed by atoms with Crippen molar-refractivity contribution in [3.05, 3.63) is 47.5 Å². The van der Waals surface area contributed by atoms with Crippen LogP contribution in [0.2, 0.25) is 0 Å².